The molecule has 0 aliphatic rings. The van der Waals surface area contributed by atoms with Gasteiger partial charge in [-0.2, -0.15) is 18.7 Å². The third kappa shape index (κ3) is 5.84. The molecule has 1 unspecified atom stereocenters. The molecule has 0 spiro atoms. The Balaban J connectivity index is 2.72. The van der Waals surface area contributed by atoms with Gasteiger partial charge in [0.2, 0.25) is 0 Å². The first-order valence-electron chi connectivity index (χ1n) is 5.73. The Morgan fingerprint density at radius 3 is 2.32 bits per heavy atom. The van der Waals surface area contributed by atoms with Gasteiger partial charge in [0.15, 0.2) is 0 Å². The van der Waals surface area contributed by atoms with Gasteiger partial charge >= 0.3 is 19.1 Å². The lowest BCUT2D eigenvalue weighted by Gasteiger charge is -2.16. The van der Waals surface area contributed by atoms with Crippen LogP contribution in [-0.2, 0) is 24.9 Å². The van der Waals surface area contributed by atoms with Crippen molar-refractivity contribution in [3.8, 4) is 5.75 Å². The van der Waals surface area contributed by atoms with Crippen molar-refractivity contribution in [2.45, 2.75) is 19.1 Å². The summed E-state index contributed by atoms with van der Waals surface area (Å²) in [5.41, 5.74) is 1.30. The molecule has 2 atom stereocenters. The second-order valence-electron chi connectivity index (χ2n) is 4.00. The van der Waals surface area contributed by atoms with E-state index in [1.165, 1.54) is 14.0 Å². The molecule has 1 aromatic carbocycles. The number of benzene rings is 1. The summed E-state index contributed by atoms with van der Waals surface area (Å²) in [7, 11) is 1.25. The normalized spacial score (nSPS) is 15.7. The lowest BCUT2D eigenvalue weighted by molar-refractivity contribution is -0.140. The summed E-state index contributed by atoms with van der Waals surface area (Å²) >= 11 is 5.44. The maximum atomic E-state index is 12.4. The van der Waals surface area contributed by atoms with Crippen LogP contribution in [0, 0.1) is 0 Å². The molecule has 124 valence electrons. The van der Waals surface area contributed by atoms with Crippen LogP contribution in [0.3, 0.4) is 0 Å². The zero-order valence-corrected chi connectivity index (χ0v) is 13.0. The molecule has 0 fully saturated rings. The molecule has 0 radical (unpaired) electrons. The van der Waals surface area contributed by atoms with E-state index in [4.69, 9.17) is 15.8 Å². The highest BCUT2D eigenvalue weighted by Gasteiger charge is 2.32. The molecular formula is C11H12ClF3NO5P. The summed E-state index contributed by atoms with van der Waals surface area (Å²) in [4.78, 5) is 15.9. The van der Waals surface area contributed by atoms with Crippen LogP contribution in [0.25, 0.3) is 0 Å². The van der Waals surface area contributed by atoms with E-state index in [9.17, 15) is 22.5 Å². The number of hydrogen-bond donors (Lipinski definition) is 1. The highest BCUT2D eigenvalue weighted by Crippen LogP contribution is 2.53. The third-order valence-electron chi connectivity index (χ3n) is 2.24. The van der Waals surface area contributed by atoms with Crippen LogP contribution in [0.15, 0.2) is 24.3 Å². The molecule has 6 nitrogen and oxygen atoms in total. The van der Waals surface area contributed by atoms with Crippen LogP contribution >= 0.6 is 18.2 Å². The van der Waals surface area contributed by atoms with Crippen LogP contribution < -0.4 is 10.0 Å². The lowest BCUT2D eigenvalue weighted by atomic mass is 10.2. The summed E-state index contributed by atoms with van der Waals surface area (Å²) in [6, 6.07) is 2.26. The second kappa shape index (κ2) is 7.32. The molecule has 0 saturated carbocycles. The number of alkyl halides is 3. The van der Waals surface area contributed by atoms with Crippen molar-refractivity contribution >= 4 is 24.2 Å². The van der Waals surface area contributed by atoms with Crippen molar-refractivity contribution in [2.75, 3.05) is 7.11 Å². The van der Waals surface area contributed by atoms with Crippen molar-refractivity contribution < 1.29 is 36.4 Å². The average molecular weight is 362 g/mol. The van der Waals surface area contributed by atoms with E-state index < -0.39 is 30.7 Å². The molecule has 1 aromatic rings. The molecule has 0 aliphatic carbocycles. The Labute approximate surface area is 128 Å². The van der Waals surface area contributed by atoms with Crippen LogP contribution in [0.1, 0.15) is 12.5 Å². The molecule has 0 aliphatic heterocycles. The van der Waals surface area contributed by atoms with Gasteiger partial charge in [0, 0.05) is 11.2 Å². The van der Waals surface area contributed by atoms with Crippen molar-refractivity contribution in [1.29, 1.82) is 0 Å². The summed E-state index contributed by atoms with van der Waals surface area (Å²) in [6.07, 6.45) is -4.52. The maximum Gasteiger partial charge on any atom is 0.532 e. The summed E-state index contributed by atoms with van der Waals surface area (Å²) < 4.78 is 58.1. The molecule has 22 heavy (non-hydrogen) atoms. The SMILES string of the molecule is CON[C@@H](C)C(=O)OP(=O)(Cl)Oc1ccc(C(F)(F)F)cc1. The summed E-state index contributed by atoms with van der Waals surface area (Å²) in [5, 5.41) is 0. The van der Waals surface area contributed by atoms with Crippen molar-refractivity contribution in [3.05, 3.63) is 29.8 Å². The number of nitrogens with one attached hydrogen (secondary N) is 1. The molecule has 0 amide bonds. The quantitative estimate of drug-likeness (QED) is 0.617. The van der Waals surface area contributed by atoms with Crippen LogP contribution in [0.2, 0.25) is 0 Å². The van der Waals surface area contributed by atoms with Gasteiger partial charge in [-0.05, 0) is 31.2 Å². The topological polar surface area (TPSA) is 73.9 Å². The van der Waals surface area contributed by atoms with Crippen LogP contribution in [-0.4, -0.2) is 19.1 Å². The number of carbonyl (C=O) groups excluding carboxylic acids is 1. The van der Waals surface area contributed by atoms with Gasteiger partial charge < -0.3 is 13.9 Å². The second-order valence-corrected chi connectivity index (χ2v) is 6.47. The fraction of sp³-hybridized carbons (Fsp3) is 0.364. The lowest BCUT2D eigenvalue weighted by Crippen LogP contribution is -2.34. The largest absolute Gasteiger partial charge is 0.532 e. The first-order valence-corrected chi connectivity index (χ1v) is 8.18. The first-order chi connectivity index (χ1) is 10.0. The molecule has 1 rings (SSSR count). The fourth-order valence-electron chi connectivity index (χ4n) is 1.26. The van der Waals surface area contributed by atoms with Gasteiger partial charge in [0.25, 0.3) is 0 Å². The Morgan fingerprint density at radius 2 is 1.86 bits per heavy atom. The van der Waals surface area contributed by atoms with E-state index in [2.05, 4.69) is 14.8 Å². The van der Waals surface area contributed by atoms with Gasteiger partial charge in [-0.15, -0.1) is 0 Å². The number of rotatable bonds is 6. The number of carbonyl (C=O) groups is 1. The van der Waals surface area contributed by atoms with Gasteiger partial charge in [0.05, 0.1) is 12.7 Å². The van der Waals surface area contributed by atoms with E-state index in [-0.39, 0.29) is 5.75 Å². The zero-order chi connectivity index (χ0) is 17.0. The number of hydroxylamine groups is 1. The molecule has 11 heteroatoms. The van der Waals surface area contributed by atoms with E-state index in [1.54, 1.807) is 0 Å². The number of hydrogen-bond acceptors (Lipinski definition) is 6. The Bertz CT molecular complexity index is 566. The smallest absolute Gasteiger partial charge is 0.405 e. The van der Waals surface area contributed by atoms with Crippen molar-refractivity contribution in [2.24, 2.45) is 0 Å². The highest BCUT2D eigenvalue weighted by molar-refractivity contribution is 7.82. The summed E-state index contributed by atoms with van der Waals surface area (Å²) in [6.45, 7) is -3.01. The van der Waals surface area contributed by atoms with Gasteiger partial charge in [-0.3, -0.25) is 0 Å². The fourth-order valence-corrected chi connectivity index (χ4v) is 2.49. The monoisotopic (exact) mass is 361 g/mol. The minimum absolute atomic E-state index is 0.244. The van der Waals surface area contributed by atoms with Gasteiger partial charge in [0.1, 0.15) is 11.8 Å². The van der Waals surface area contributed by atoms with E-state index in [1.807, 2.05) is 0 Å². The molecular weight excluding hydrogens is 350 g/mol. The van der Waals surface area contributed by atoms with Crippen LogP contribution in [0.5, 0.6) is 5.75 Å². The van der Waals surface area contributed by atoms with E-state index in [0.29, 0.717) is 12.1 Å². The predicted molar refractivity (Wildman–Crippen MR) is 71.2 cm³/mol. The van der Waals surface area contributed by atoms with Gasteiger partial charge in [-0.25, -0.2) is 9.36 Å². The molecule has 0 saturated heterocycles. The van der Waals surface area contributed by atoms with E-state index in [0.717, 1.165) is 12.1 Å². The Hall–Kier alpha value is -1.28. The summed E-state index contributed by atoms with van der Waals surface area (Å²) in [5.74, 6) is -1.27. The van der Waals surface area contributed by atoms with Crippen molar-refractivity contribution in [1.82, 2.24) is 5.48 Å². The highest BCUT2D eigenvalue weighted by atomic mass is 35.7. The molecule has 0 bridgehead atoms. The van der Waals surface area contributed by atoms with E-state index >= 15 is 0 Å². The predicted octanol–water partition coefficient (Wildman–Crippen LogP) is 3.51. The Kier molecular flexibility index (Phi) is 6.25. The standard InChI is InChI=1S/C11H12ClF3NO5P/c1-7(16-19-2)10(17)21-22(12,18)20-9-5-3-8(4-6-9)11(13,14)15/h3-7,16H,1-2H3/t7-,22?/m0/s1. The Morgan fingerprint density at radius 1 is 1.32 bits per heavy atom. The first kappa shape index (κ1) is 18.8. The zero-order valence-electron chi connectivity index (χ0n) is 11.4. The van der Waals surface area contributed by atoms with Crippen molar-refractivity contribution in [3.63, 3.8) is 0 Å². The minimum atomic E-state index is -4.52. The third-order valence-corrected chi connectivity index (χ3v) is 3.48. The van der Waals surface area contributed by atoms with Crippen LogP contribution in [0.4, 0.5) is 13.2 Å². The average Bonchev–Trinajstić information content (AvgIpc) is 2.37. The molecule has 1 N–H and O–H groups in total. The molecule has 0 aromatic heterocycles. The maximum absolute atomic E-state index is 12.4. The van der Waals surface area contributed by atoms with Gasteiger partial charge in [-0.1, -0.05) is 0 Å². The number of halogens is 4. The molecule has 0 heterocycles. The minimum Gasteiger partial charge on any atom is -0.405 e.